The number of nitrogens with zero attached hydrogens (tertiary/aromatic N) is 5. The van der Waals surface area contributed by atoms with E-state index < -0.39 is 17.0 Å². The van der Waals surface area contributed by atoms with Gasteiger partial charge in [0.05, 0.1) is 18.7 Å². The van der Waals surface area contributed by atoms with Crippen molar-refractivity contribution in [1.29, 1.82) is 0 Å². The van der Waals surface area contributed by atoms with Crippen molar-refractivity contribution in [1.82, 2.24) is 19.4 Å². The standard InChI is InChI=1S/C37H41FN6O5/c1-41(28-10-6-3-7-11-28)32(45)23-42-19-16-30(31(22-42)26-8-4-2-5-9-26)35(46)43-20-17-37(48,18-21-43)24-44-25-40-34(33(39)36(44)47)49-29-14-12-27(38)13-15-29/h2-15,25,30-31,48H,16-24,39H2,1H3/t30-,31+/m1/s1. The van der Waals surface area contributed by atoms with E-state index in [1.54, 1.807) is 11.9 Å². The second-order valence-corrected chi connectivity index (χ2v) is 12.9. The molecule has 0 radical (unpaired) electrons. The van der Waals surface area contributed by atoms with Crippen LogP contribution >= 0.6 is 0 Å². The van der Waals surface area contributed by atoms with Gasteiger partial charge in [0.2, 0.25) is 17.7 Å². The number of benzene rings is 3. The van der Waals surface area contributed by atoms with Gasteiger partial charge in [0.1, 0.15) is 17.9 Å². The van der Waals surface area contributed by atoms with E-state index in [-0.39, 0.29) is 66.9 Å². The Morgan fingerprint density at radius 2 is 1.65 bits per heavy atom. The molecule has 0 unspecified atom stereocenters. The number of para-hydroxylation sites is 1. The van der Waals surface area contributed by atoms with Gasteiger partial charge < -0.3 is 25.4 Å². The maximum Gasteiger partial charge on any atom is 0.280 e. The van der Waals surface area contributed by atoms with Crippen LogP contribution < -0.4 is 20.9 Å². The Morgan fingerprint density at radius 1 is 1.00 bits per heavy atom. The number of nitrogen functional groups attached to an aromatic ring is 1. The van der Waals surface area contributed by atoms with Gasteiger partial charge in [-0.3, -0.25) is 23.9 Å². The predicted molar refractivity (Wildman–Crippen MR) is 184 cm³/mol. The molecule has 0 aliphatic carbocycles. The molecule has 3 aromatic carbocycles. The zero-order valence-corrected chi connectivity index (χ0v) is 27.5. The summed E-state index contributed by atoms with van der Waals surface area (Å²) in [5, 5.41) is 11.5. The van der Waals surface area contributed by atoms with Crippen LogP contribution in [0.1, 0.15) is 30.7 Å². The fourth-order valence-electron chi connectivity index (χ4n) is 6.74. The monoisotopic (exact) mass is 668 g/mol. The summed E-state index contributed by atoms with van der Waals surface area (Å²) in [6, 6.07) is 24.7. The number of ether oxygens (including phenoxy) is 1. The number of halogens is 1. The van der Waals surface area contributed by atoms with Crippen LogP contribution in [0.15, 0.2) is 96.1 Å². The van der Waals surface area contributed by atoms with Crippen molar-refractivity contribution in [3.8, 4) is 11.6 Å². The average Bonchev–Trinajstić information content (AvgIpc) is 3.12. The van der Waals surface area contributed by atoms with Gasteiger partial charge in [0, 0.05) is 44.2 Å². The molecule has 49 heavy (non-hydrogen) atoms. The topological polar surface area (TPSA) is 134 Å². The lowest BCUT2D eigenvalue weighted by molar-refractivity contribution is -0.142. The van der Waals surface area contributed by atoms with E-state index in [9.17, 15) is 23.9 Å². The quantitative estimate of drug-likeness (QED) is 0.275. The normalized spacial score (nSPS) is 19.3. The van der Waals surface area contributed by atoms with Crippen molar-refractivity contribution in [3.05, 3.63) is 113 Å². The first-order valence-corrected chi connectivity index (χ1v) is 16.5. The molecule has 2 atom stereocenters. The highest BCUT2D eigenvalue weighted by Crippen LogP contribution is 2.36. The molecule has 12 heteroatoms. The zero-order valence-electron chi connectivity index (χ0n) is 27.5. The maximum absolute atomic E-state index is 14.1. The molecule has 3 heterocycles. The molecule has 2 amide bonds. The Hall–Kier alpha value is -5.07. The van der Waals surface area contributed by atoms with Crippen molar-refractivity contribution in [2.45, 2.75) is 37.3 Å². The SMILES string of the molecule is CN(C(=O)CN1CC[C@@H](C(=O)N2CCC(O)(Cn3cnc(Oc4ccc(F)cc4)c(N)c3=O)CC2)[C@H](c2ccccc2)C1)c1ccccc1. The number of hydrogen-bond donors (Lipinski definition) is 2. The lowest BCUT2D eigenvalue weighted by atomic mass is 9.79. The highest BCUT2D eigenvalue weighted by molar-refractivity contribution is 5.94. The first kappa shape index (κ1) is 33.8. The molecule has 3 N–H and O–H groups in total. The molecule has 0 saturated carbocycles. The second kappa shape index (κ2) is 14.6. The van der Waals surface area contributed by atoms with Crippen LogP contribution in [0.3, 0.4) is 0 Å². The zero-order chi connectivity index (χ0) is 34.5. The van der Waals surface area contributed by atoms with Crippen LogP contribution in [0.2, 0.25) is 0 Å². The first-order valence-electron chi connectivity index (χ1n) is 16.5. The third kappa shape index (κ3) is 7.82. The fraction of sp³-hybridized carbons (Fsp3) is 0.351. The molecule has 2 aliphatic heterocycles. The molecule has 256 valence electrons. The lowest BCUT2D eigenvalue weighted by Crippen LogP contribution is -2.53. The number of nitrogens with two attached hydrogens (primary N) is 1. The van der Waals surface area contributed by atoms with Gasteiger partial charge in [-0.1, -0.05) is 48.5 Å². The van der Waals surface area contributed by atoms with Crippen LogP contribution in [0.5, 0.6) is 11.6 Å². The third-order valence-electron chi connectivity index (χ3n) is 9.65. The highest BCUT2D eigenvalue weighted by atomic mass is 19.1. The van der Waals surface area contributed by atoms with Crippen LogP contribution in [0, 0.1) is 11.7 Å². The van der Waals surface area contributed by atoms with E-state index in [4.69, 9.17) is 10.5 Å². The third-order valence-corrected chi connectivity index (χ3v) is 9.65. The minimum absolute atomic E-state index is 0.00999. The van der Waals surface area contributed by atoms with E-state index in [2.05, 4.69) is 9.88 Å². The van der Waals surface area contributed by atoms with Crippen LogP contribution in [-0.4, -0.2) is 81.6 Å². The molecular weight excluding hydrogens is 627 g/mol. The second-order valence-electron chi connectivity index (χ2n) is 12.9. The van der Waals surface area contributed by atoms with E-state index in [0.29, 0.717) is 32.6 Å². The fourth-order valence-corrected chi connectivity index (χ4v) is 6.74. The van der Waals surface area contributed by atoms with Crippen molar-refractivity contribution in [3.63, 3.8) is 0 Å². The van der Waals surface area contributed by atoms with Gasteiger partial charge in [0.15, 0.2) is 5.69 Å². The molecule has 11 nitrogen and oxygen atoms in total. The lowest BCUT2D eigenvalue weighted by Gasteiger charge is -2.43. The summed E-state index contributed by atoms with van der Waals surface area (Å²) in [7, 11) is 1.78. The van der Waals surface area contributed by atoms with Crippen molar-refractivity contribution >= 4 is 23.2 Å². The number of amides is 2. The molecule has 0 spiro atoms. The highest BCUT2D eigenvalue weighted by Gasteiger charge is 2.41. The first-order chi connectivity index (χ1) is 23.6. The Balaban J connectivity index is 1.09. The molecule has 1 aromatic heterocycles. The Bertz CT molecular complexity index is 1810. The van der Waals surface area contributed by atoms with Gasteiger partial charge in [-0.15, -0.1) is 0 Å². The average molecular weight is 669 g/mol. The molecule has 0 bridgehead atoms. The Morgan fingerprint density at radius 3 is 2.33 bits per heavy atom. The molecule has 2 fully saturated rings. The molecule has 2 aliphatic rings. The van der Waals surface area contributed by atoms with Crippen molar-refractivity contribution in [2.24, 2.45) is 5.92 Å². The minimum Gasteiger partial charge on any atom is -0.437 e. The smallest absolute Gasteiger partial charge is 0.280 e. The number of hydrogen-bond acceptors (Lipinski definition) is 8. The number of carbonyl (C=O) groups is 2. The number of rotatable bonds is 9. The largest absolute Gasteiger partial charge is 0.437 e. The summed E-state index contributed by atoms with van der Waals surface area (Å²) in [4.78, 5) is 50.1. The molecule has 6 rings (SSSR count). The molecular formula is C37H41FN6O5. The maximum atomic E-state index is 14.1. The molecule has 2 saturated heterocycles. The van der Waals surface area contributed by atoms with Gasteiger partial charge in [-0.25, -0.2) is 9.37 Å². The van der Waals surface area contributed by atoms with Gasteiger partial charge in [0.25, 0.3) is 5.56 Å². The number of piperidine rings is 2. The van der Waals surface area contributed by atoms with Gasteiger partial charge >= 0.3 is 0 Å². The number of aliphatic hydroxyl groups is 1. The van der Waals surface area contributed by atoms with Crippen LogP contribution in [0.4, 0.5) is 15.8 Å². The van der Waals surface area contributed by atoms with Crippen molar-refractivity contribution in [2.75, 3.05) is 50.4 Å². The van der Waals surface area contributed by atoms with Crippen LogP contribution in [0.25, 0.3) is 0 Å². The van der Waals surface area contributed by atoms with Gasteiger partial charge in [-0.05, 0) is 67.8 Å². The number of aromatic nitrogens is 2. The number of carbonyl (C=O) groups excluding carboxylic acids is 2. The minimum atomic E-state index is -1.25. The summed E-state index contributed by atoms with van der Waals surface area (Å²) in [6.07, 6.45) is 2.42. The van der Waals surface area contributed by atoms with E-state index in [1.807, 2.05) is 65.6 Å². The summed E-state index contributed by atoms with van der Waals surface area (Å²) >= 11 is 0. The number of likely N-dealkylation sites (N-methyl/N-ethyl adjacent to an activating group) is 1. The number of anilines is 2. The predicted octanol–water partition coefficient (Wildman–Crippen LogP) is 3.88. The van der Waals surface area contributed by atoms with Crippen LogP contribution in [-0.2, 0) is 16.1 Å². The summed E-state index contributed by atoms with van der Waals surface area (Å²) < 4.78 is 20.1. The summed E-state index contributed by atoms with van der Waals surface area (Å²) in [5.41, 5.74) is 5.89. The van der Waals surface area contributed by atoms with E-state index in [1.165, 1.54) is 35.2 Å². The Labute approximate surface area is 284 Å². The van der Waals surface area contributed by atoms with Crippen molar-refractivity contribution < 1.29 is 23.8 Å². The van der Waals surface area contributed by atoms with E-state index >= 15 is 0 Å². The number of likely N-dealkylation sites (tertiary alicyclic amines) is 2. The summed E-state index contributed by atoms with van der Waals surface area (Å²) in [5.74, 6) is -0.599. The van der Waals surface area contributed by atoms with Gasteiger partial charge in [-0.2, -0.15) is 0 Å². The molecule has 4 aromatic rings. The summed E-state index contributed by atoms with van der Waals surface area (Å²) in [6.45, 7) is 2.07. The van der Waals surface area contributed by atoms with E-state index in [0.717, 1.165) is 11.3 Å². The Kier molecular flexibility index (Phi) is 10.1.